The van der Waals surface area contributed by atoms with E-state index in [1.807, 2.05) is 62.4 Å². The van der Waals surface area contributed by atoms with Crippen molar-refractivity contribution in [1.82, 2.24) is 39.7 Å². The van der Waals surface area contributed by atoms with E-state index in [9.17, 15) is 22.8 Å². The number of unbranched alkanes of at least 4 members (excludes halogenated alkanes) is 4. The summed E-state index contributed by atoms with van der Waals surface area (Å²) in [5, 5.41) is 11.9. The van der Waals surface area contributed by atoms with Crippen molar-refractivity contribution in [3.8, 4) is 11.8 Å². The van der Waals surface area contributed by atoms with E-state index in [1.165, 1.54) is 34.1 Å². The zero-order valence-corrected chi connectivity index (χ0v) is 50.6. The highest BCUT2D eigenvalue weighted by molar-refractivity contribution is 6.33. The van der Waals surface area contributed by atoms with E-state index in [4.69, 9.17) is 37.4 Å². The van der Waals surface area contributed by atoms with Gasteiger partial charge in [0.2, 0.25) is 35.5 Å². The average molecular weight is 1210 g/mol. The number of likely N-dealkylation sites (N-methyl/N-ethyl adjacent to an activating group) is 2. The van der Waals surface area contributed by atoms with Crippen LogP contribution in [0.1, 0.15) is 124 Å². The highest BCUT2D eigenvalue weighted by Gasteiger charge is 2.24. The lowest BCUT2D eigenvalue weighted by Gasteiger charge is -2.23. The first-order valence-corrected chi connectivity index (χ1v) is 29.6. The molecule has 1 fully saturated rings. The summed E-state index contributed by atoms with van der Waals surface area (Å²) in [7, 11) is 6.88. The second-order valence-electron chi connectivity index (χ2n) is 20.9. The Balaban J connectivity index is 0.000000226. The minimum absolute atomic E-state index is 0.0308. The molecule has 1 unspecified atom stereocenters. The average Bonchev–Trinajstić information content (AvgIpc) is 3.39. The highest BCUT2D eigenvalue weighted by Crippen LogP contribution is 2.41. The fraction of sp³-hybridized carbons (Fsp3) is 0.313. The van der Waals surface area contributed by atoms with Crippen molar-refractivity contribution < 1.29 is 41.4 Å². The molecule has 1 aliphatic heterocycles. The van der Waals surface area contributed by atoms with E-state index >= 15 is 4.39 Å². The first-order chi connectivity index (χ1) is 41.5. The second kappa shape index (κ2) is 30.8. The maximum Gasteiger partial charge on any atom is 0.245 e. The van der Waals surface area contributed by atoms with Crippen LogP contribution in [0.15, 0.2) is 134 Å². The van der Waals surface area contributed by atoms with Gasteiger partial charge >= 0.3 is 0 Å². The predicted octanol–water partition coefficient (Wildman–Crippen LogP) is 16.1. The Morgan fingerprint density at radius 1 is 0.651 bits per heavy atom. The molecule has 1 aliphatic rings. The number of nitrogens with one attached hydrogen (secondary N) is 1. The number of hydrogen-bond donors (Lipinski definition) is 1. The molecule has 1 saturated heterocycles. The fourth-order valence-electron chi connectivity index (χ4n) is 10.0. The third-order valence-electron chi connectivity index (χ3n) is 14.5. The monoisotopic (exact) mass is 1210 g/mol. The fourth-order valence-corrected chi connectivity index (χ4v) is 10.6. The lowest BCUT2D eigenvalue weighted by Crippen LogP contribution is -2.19. The van der Waals surface area contributed by atoms with Gasteiger partial charge in [-0.05, 0) is 188 Å². The van der Waals surface area contributed by atoms with Gasteiger partial charge in [-0.3, -0.25) is 14.7 Å². The van der Waals surface area contributed by atoms with Gasteiger partial charge in [0.05, 0.1) is 45.1 Å². The molecular formula is C67H70Cl2F4N8O5. The molecule has 4 aromatic heterocycles. The lowest BCUT2D eigenvalue weighted by atomic mass is 9.88. The molecule has 2 amide bonds. The zero-order chi connectivity index (χ0) is 61.3. The molecule has 450 valence electrons. The summed E-state index contributed by atoms with van der Waals surface area (Å²) >= 11 is 13.0. The molecule has 0 aliphatic carbocycles. The van der Waals surface area contributed by atoms with Crippen molar-refractivity contribution in [3.63, 3.8) is 0 Å². The van der Waals surface area contributed by atoms with Gasteiger partial charge in [-0.1, -0.05) is 73.5 Å². The molecule has 4 aromatic carbocycles. The number of amides is 2. The molecule has 5 heterocycles. The van der Waals surface area contributed by atoms with E-state index in [2.05, 4.69) is 25.3 Å². The largest absolute Gasteiger partial charge is 0.478 e. The van der Waals surface area contributed by atoms with E-state index in [-0.39, 0.29) is 23.1 Å². The molecule has 1 N–H and O–H groups in total. The Kier molecular flexibility index (Phi) is 22.9. The van der Waals surface area contributed by atoms with Crippen molar-refractivity contribution in [1.29, 1.82) is 0 Å². The van der Waals surface area contributed by atoms with Crippen LogP contribution in [0.25, 0.3) is 44.1 Å². The molecule has 0 radical (unpaired) electrons. The van der Waals surface area contributed by atoms with Crippen LogP contribution >= 0.6 is 23.2 Å². The number of carbonyl (C=O) groups excluding carboxylic acids is 2. The maximum atomic E-state index is 15.3. The number of aromatic amines is 1. The highest BCUT2D eigenvalue weighted by atomic mass is 35.5. The second-order valence-corrected chi connectivity index (χ2v) is 21.8. The third kappa shape index (κ3) is 16.4. The number of halogens is 6. The lowest BCUT2D eigenvalue weighted by molar-refractivity contribution is -0.124. The molecular weight excluding hydrogens is 1140 g/mol. The minimum Gasteiger partial charge on any atom is -0.478 e. The summed E-state index contributed by atoms with van der Waals surface area (Å²) < 4.78 is 76.9. The predicted molar refractivity (Wildman–Crippen MR) is 333 cm³/mol. The number of allylic oxidation sites excluding steroid dienone is 4. The topological polar surface area (TPSA) is 141 Å². The van der Waals surface area contributed by atoms with E-state index < -0.39 is 23.5 Å². The smallest absolute Gasteiger partial charge is 0.245 e. The number of hydrogen-bond acceptors (Lipinski definition) is 9. The van der Waals surface area contributed by atoms with Gasteiger partial charge in [0.25, 0.3) is 0 Å². The van der Waals surface area contributed by atoms with Crippen LogP contribution in [0.3, 0.4) is 0 Å². The van der Waals surface area contributed by atoms with Gasteiger partial charge < -0.3 is 24.0 Å². The Bertz CT molecular complexity index is 3760. The molecule has 0 bridgehead atoms. The minimum atomic E-state index is -0.565. The molecule has 13 nitrogen and oxygen atoms in total. The molecule has 0 spiro atoms. The Labute approximate surface area is 509 Å². The van der Waals surface area contributed by atoms with Crippen LogP contribution < -0.4 is 9.47 Å². The summed E-state index contributed by atoms with van der Waals surface area (Å²) in [6, 6.07) is 27.1. The first kappa shape index (κ1) is 63.9. The van der Waals surface area contributed by atoms with Crippen LogP contribution in [0.4, 0.5) is 17.6 Å². The van der Waals surface area contributed by atoms with Gasteiger partial charge in [0, 0.05) is 70.5 Å². The molecule has 8 aromatic rings. The summed E-state index contributed by atoms with van der Waals surface area (Å²) in [6.07, 6.45) is 18.9. The molecule has 1 atom stereocenters. The van der Waals surface area contributed by atoms with E-state index in [1.54, 1.807) is 93.8 Å². The summed E-state index contributed by atoms with van der Waals surface area (Å²) in [6.45, 7) is 5.60. The van der Waals surface area contributed by atoms with Gasteiger partial charge in [0.15, 0.2) is 6.23 Å². The van der Waals surface area contributed by atoms with E-state index in [0.29, 0.717) is 82.4 Å². The Hall–Kier alpha value is -8.12. The Morgan fingerprint density at radius 3 is 1.63 bits per heavy atom. The summed E-state index contributed by atoms with van der Waals surface area (Å²) in [4.78, 5) is 35.4. The number of fused-ring (bicyclic) bond motifs is 2. The quantitative estimate of drug-likeness (QED) is 0.0287. The normalized spacial score (nSPS) is 14.1. The molecule has 0 saturated carbocycles. The van der Waals surface area contributed by atoms with Gasteiger partial charge in [0.1, 0.15) is 11.6 Å². The maximum absolute atomic E-state index is 15.3. The number of nitrogens with zero attached hydrogens (tertiary/aromatic N) is 7. The van der Waals surface area contributed by atoms with Gasteiger partial charge in [-0.25, -0.2) is 23.4 Å². The first-order valence-electron chi connectivity index (χ1n) is 28.8. The number of pyridine rings is 2. The number of H-pyrrole nitrogens is 1. The number of ether oxygens (including phenoxy) is 3. The van der Waals surface area contributed by atoms with E-state index in [0.717, 1.165) is 102 Å². The van der Waals surface area contributed by atoms with Crippen LogP contribution in [-0.4, -0.2) is 99.6 Å². The van der Waals surface area contributed by atoms with Crippen molar-refractivity contribution >= 4 is 79.1 Å². The molecule has 9 rings (SSSR count). The van der Waals surface area contributed by atoms with Gasteiger partial charge in [-0.15, -0.1) is 5.10 Å². The van der Waals surface area contributed by atoms with Crippen LogP contribution in [-0.2, 0) is 14.3 Å². The van der Waals surface area contributed by atoms with Gasteiger partial charge in [-0.2, -0.15) is 13.9 Å². The molecule has 19 heteroatoms. The van der Waals surface area contributed by atoms with Crippen molar-refractivity contribution in [2.24, 2.45) is 0 Å². The zero-order valence-electron chi connectivity index (χ0n) is 49.1. The van der Waals surface area contributed by atoms with Crippen LogP contribution in [0.2, 0.25) is 10.0 Å². The number of carbonyl (C=O) groups is 2. The van der Waals surface area contributed by atoms with Crippen molar-refractivity contribution in [2.45, 2.75) is 90.7 Å². The number of benzene rings is 4. The Morgan fingerprint density at radius 2 is 1.16 bits per heavy atom. The van der Waals surface area contributed by atoms with Crippen LogP contribution in [0.5, 0.6) is 11.8 Å². The third-order valence-corrected chi connectivity index (χ3v) is 15.1. The summed E-state index contributed by atoms with van der Waals surface area (Å²) in [5.41, 5.74) is 8.95. The SMILES string of the molecule is CC/C(=C(/c1ccc(OCCCC/C=C/C(=O)N(C)C)nc1)c1ccc2c(c1)c(F)nn2C1CCCCO1)c1ccc(F)cc1Cl.CC/C(=C(/c1ccc(OCCCC/C=C/C(=O)N(C)C)nc1)c1ccc2n[nH]c(F)c2c1)c1ccc(F)cc1Cl. The number of aromatic nitrogens is 6. The van der Waals surface area contributed by atoms with Crippen molar-refractivity contribution in [3.05, 3.63) is 201 Å². The standard InChI is InChI=1S/C36H39ClF2N4O3.C31H31ClF2N4O2/c1-4-27(28-16-15-26(38)22-30(28)37)35(24-13-17-31-29(21-24)36(39)41-43(31)34-12-8-10-20-46-34)25-14-18-32(40-23-25)45-19-9-6-5-7-11-33(44)42(2)3;1-4-23(24-13-12-22(33)18-26(24)32)30(20-10-14-27-25(17-20)31(34)37-36-27)21-11-15-28(35-19-21)40-16-8-6-5-7-9-29(39)38(2)3/h7,11,13-18,21-23,34H,4-6,8-10,12,19-20H2,1-3H3;7,9-15,17-19H,4-6,8,16H2,1-3H3,(H,36,37)/b11-7+,35-27-;9-7+,30-23-. The van der Waals surface area contributed by atoms with Crippen molar-refractivity contribution in [2.75, 3.05) is 48.0 Å². The summed E-state index contributed by atoms with van der Waals surface area (Å²) in [5.74, 6) is -1.03. The molecule has 86 heavy (non-hydrogen) atoms. The van der Waals surface area contributed by atoms with Crippen LogP contribution in [0, 0.1) is 23.5 Å². The number of rotatable bonds is 23.